The standard InChI is InChI=1S/C20H15Cl2N3O3S/c1-10(24-25-20(28)12-4-2-11(3-5-12)19(23)27)14-9-29-18(17(14)26)13-6-7-15(21)16(22)8-13/h2-9,26H,1H3,(H2,23,27)(H,25,28). The van der Waals surface area contributed by atoms with Crippen molar-refractivity contribution in [2.45, 2.75) is 6.92 Å². The molecule has 0 fully saturated rings. The molecule has 6 nitrogen and oxygen atoms in total. The lowest BCUT2D eigenvalue weighted by molar-refractivity contribution is 0.0952. The molecule has 0 unspecified atom stereocenters. The second kappa shape index (κ2) is 8.65. The Labute approximate surface area is 180 Å². The minimum Gasteiger partial charge on any atom is -0.506 e. The van der Waals surface area contributed by atoms with E-state index in [4.69, 9.17) is 28.9 Å². The third-order valence-corrected chi connectivity index (χ3v) is 5.85. The molecule has 0 spiro atoms. The molecule has 0 aliphatic carbocycles. The maximum Gasteiger partial charge on any atom is 0.271 e. The van der Waals surface area contributed by atoms with Gasteiger partial charge in [-0.25, -0.2) is 5.43 Å². The zero-order valence-corrected chi connectivity index (χ0v) is 17.4. The van der Waals surface area contributed by atoms with Crippen molar-refractivity contribution in [3.63, 3.8) is 0 Å². The molecule has 29 heavy (non-hydrogen) atoms. The normalized spacial score (nSPS) is 11.3. The molecule has 0 atom stereocenters. The zero-order chi connectivity index (χ0) is 21.1. The summed E-state index contributed by atoms with van der Waals surface area (Å²) in [6, 6.07) is 11.0. The van der Waals surface area contributed by atoms with Gasteiger partial charge in [-0.2, -0.15) is 5.10 Å². The monoisotopic (exact) mass is 447 g/mol. The van der Waals surface area contributed by atoms with Crippen LogP contribution in [0.15, 0.2) is 52.9 Å². The molecule has 0 radical (unpaired) electrons. The number of carbonyl (C=O) groups excluding carboxylic acids is 2. The van der Waals surface area contributed by atoms with Crippen LogP contribution in [0.1, 0.15) is 33.2 Å². The fourth-order valence-corrected chi connectivity index (χ4v) is 3.80. The summed E-state index contributed by atoms with van der Waals surface area (Å²) in [7, 11) is 0. The number of aromatic hydroxyl groups is 1. The third-order valence-electron chi connectivity index (χ3n) is 4.09. The van der Waals surface area contributed by atoms with Crippen LogP contribution in [0, 0.1) is 0 Å². The van der Waals surface area contributed by atoms with Crippen molar-refractivity contribution in [3.05, 3.63) is 74.6 Å². The number of thiophene rings is 1. The van der Waals surface area contributed by atoms with E-state index in [0.29, 0.717) is 37.3 Å². The maximum absolute atomic E-state index is 12.2. The predicted octanol–water partition coefficient (Wildman–Crippen LogP) is 4.68. The van der Waals surface area contributed by atoms with E-state index in [9.17, 15) is 14.7 Å². The largest absolute Gasteiger partial charge is 0.506 e. The molecule has 4 N–H and O–H groups in total. The number of nitrogens with two attached hydrogens (primary N) is 1. The number of amides is 2. The third kappa shape index (κ3) is 4.59. The lowest BCUT2D eigenvalue weighted by Crippen LogP contribution is -2.19. The van der Waals surface area contributed by atoms with Crippen LogP contribution in [0.5, 0.6) is 5.75 Å². The Balaban J connectivity index is 1.78. The smallest absolute Gasteiger partial charge is 0.271 e. The Kier molecular flexibility index (Phi) is 6.22. The van der Waals surface area contributed by atoms with Crippen molar-refractivity contribution in [2.75, 3.05) is 0 Å². The van der Waals surface area contributed by atoms with E-state index in [1.54, 1.807) is 30.5 Å². The first kappa shape index (κ1) is 20.9. The van der Waals surface area contributed by atoms with Crippen molar-refractivity contribution in [1.82, 2.24) is 5.43 Å². The van der Waals surface area contributed by atoms with Gasteiger partial charge in [0.05, 0.1) is 26.2 Å². The van der Waals surface area contributed by atoms with Crippen molar-refractivity contribution < 1.29 is 14.7 Å². The topological polar surface area (TPSA) is 105 Å². The first-order chi connectivity index (χ1) is 13.8. The number of nitrogens with one attached hydrogen (secondary N) is 1. The fraction of sp³-hybridized carbons (Fsp3) is 0.0500. The second-order valence-corrected chi connectivity index (χ2v) is 7.73. The molecule has 3 rings (SSSR count). The molecular weight excluding hydrogens is 433 g/mol. The Bertz CT molecular complexity index is 1120. The Morgan fingerprint density at radius 3 is 2.34 bits per heavy atom. The quantitative estimate of drug-likeness (QED) is 0.390. The Hall–Kier alpha value is -2.87. The van der Waals surface area contributed by atoms with Gasteiger partial charge in [-0.1, -0.05) is 29.3 Å². The number of benzene rings is 2. The van der Waals surface area contributed by atoms with Crippen LogP contribution in [0.2, 0.25) is 10.0 Å². The molecule has 1 heterocycles. The van der Waals surface area contributed by atoms with Gasteiger partial charge in [0.15, 0.2) is 0 Å². The molecule has 3 aromatic rings. The molecule has 9 heteroatoms. The summed E-state index contributed by atoms with van der Waals surface area (Å²) in [5, 5.41) is 17.2. The van der Waals surface area contributed by atoms with Crippen LogP contribution in [-0.4, -0.2) is 22.6 Å². The van der Waals surface area contributed by atoms with Crippen LogP contribution in [-0.2, 0) is 0 Å². The van der Waals surface area contributed by atoms with Gasteiger partial charge in [0.2, 0.25) is 5.91 Å². The average Bonchev–Trinajstić information content (AvgIpc) is 3.09. The van der Waals surface area contributed by atoms with Gasteiger partial charge >= 0.3 is 0 Å². The van der Waals surface area contributed by atoms with E-state index in [1.807, 2.05) is 0 Å². The first-order valence-corrected chi connectivity index (χ1v) is 9.92. The number of nitrogens with zero attached hydrogens (tertiary/aromatic N) is 1. The van der Waals surface area contributed by atoms with Crippen LogP contribution < -0.4 is 11.2 Å². The first-order valence-electron chi connectivity index (χ1n) is 8.28. The minimum absolute atomic E-state index is 0.0368. The highest BCUT2D eigenvalue weighted by Crippen LogP contribution is 2.40. The van der Waals surface area contributed by atoms with E-state index in [-0.39, 0.29) is 5.75 Å². The van der Waals surface area contributed by atoms with Gasteiger partial charge in [0, 0.05) is 16.5 Å². The number of hydrogen-bond donors (Lipinski definition) is 3. The fourth-order valence-electron chi connectivity index (χ4n) is 2.50. The Morgan fingerprint density at radius 2 is 1.72 bits per heavy atom. The molecule has 0 saturated carbocycles. The second-order valence-electron chi connectivity index (χ2n) is 6.04. The van der Waals surface area contributed by atoms with Crippen LogP contribution in [0.4, 0.5) is 0 Å². The number of rotatable bonds is 5. The number of primary amides is 1. The van der Waals surface area contributed by atoms with Gasteiger partial charge in [-0.15, -0.1) is 11.3 Å². The number of hydrogen-bond acceptors (Lipinski definition) is 5. The molecule has 2 amide bonds. The highest BCUT2D eigenvalue weighted by atomic mass is 35.5. The summed E-state index contributed by atoms with van der Waals surface area (Å²) >= 11 is 13.3. The summed E-state index contributed by atoms with van der Waals surface area (Å²) in [6.45, 7) is 1.66. The van der Waals surface area contributed by atoms with Gasteiger partial charge in [-0.3, -0.25) is 9.59 Å². The van der Waals surface area contributed by atoms with E-state index >= 15 is 0 Å². The zero-order valence-electron chi connectivity index (χ0n) is 15.1. The van der Waals surface area contributed by atoms with Gasteiger partial charge in [0.25, 0.3) is 5.91 Å². The summed E-state index contributed by atoms with van der Waals surface area (Å²) < 4.78 is 0. The molecule has 1 aromatic heterocycles. The summed E-state index contributed by atoms with van der Waals surface area (Å²) in [4.78, 5) is 23.9. The molecule has 0 aliphatic rings. The Morgan fingerprint density at radius 1 is 1.07 bits per heavy atom. The van der Waals surface area contributed by atoms with Gasteiger partial charge in [0.1, 0.15) is 5.75 Å². The molecule has 0 aliphatic heterocycles. The highest BCUT2D eigenvalue weighted by Gasteiger charge is 2.16. The van der Waals surface area contributed by atoms with E-state index < -0.39 is 11.8 Å². The van der Waals surface area contributed by atoms with Crippen molar-refractivity contribution >= 4 is 52.1 Å². The number of hydrazone groups is 1. The molecule has 0 bridgehead atoms. The van der Waals surface area contributed by atoms with E-state index in [0.717, 1.165) is 5.56 Å². The van der Waals surface area contributed by atoms with E-state index in [2.05, 4.69) is 10.5 Å². The molecular formula is C20H15Cl2N3O3S. The molecule has 148 valence electrons. The molecule has 0 saturated heterocycles. The summed E-state index contributed by atoms with van der Waals surface area (Å²) in [6.07, 6.45) is 0. The number of halogens is 2. The average molecular weight is 448 g/mol. The van der Waals surface area contributed by atoms with Crippen LogP contribution >= 0.6 is 34.5 Å². The minimum atomic E-state index is -0.573. The summed E-state index contributed by atoms with van der Waals surface area (Å²) in [5.41, 5.74) is 9.86. The van der Waals surface area contributed by atoms with Crippen LogP contribution in [0.25, 0.3) is 10.4 Å². The van der Waals surface area contributed by atoms with Crippen molar-refractivity contribution in [2.24, 2.45) is 10.8 Å². The van der Waals surface area contributed by atoms with E-state index in [1.165, 1.54) is 35.6 Å². The highest BCUT2D eigenvalue weighted by molar-refractivity contribution is 7.14. The van der Waals surface area contributed by atoms with Crippen molar-refractivity contribution in [1.29, 1.82) is 0 Å². The van der Waals surface area contributed by atoms with Crippen LogP contribution in [0.3, 0.4) is 0 Å². The number of carbonyl (C=O) groups is 2. The predicted molar refractivity (Wildman–Crippen MR) is 116 cm³/mol. The van der Waals surface area contributed by atoms with Gasteiger partial charge < -0.3 is 10.8 Å². The maximum atomic E-state index is 12.2. The lowest BCUT2D eigenvalue weighted by Gasteiger charge is -2.04. The van der Waals surface area contributed by atoms with Gasteiger partial charge in [-0.05, 0) is 48.9 Å². The van der Waals surface area contributed by atoms with Crippen molar-refractivity contribution in [3.8, 4) is 16.2 Å². The molecule has 2 aromatic carbocycles. The lowest BCUT2D eigenvalue weighted by atomic mass is 10.1. The SMILES string of the molecule is CC(=NNC(=O)c1ccc(C(N)=O)cc1)c1csc(-c2ccc(Cl)c(Cl)c2)c1O. The summed E-state index contributed by atoms with van der Waals surface area (Å²) in [5.74, 6) is -0.994.